The van der Waals surface area contributed by atoms with E-state index < -0.39 is 16.1 Å². The number of primary sulfonamides is 1. The molecule has 0 fully saturated rings. The van der Waals surface area contributed by atoms with Crippen LogP contribution >= 0.6 is 0 Å². The Kier molecular flexibility index (Phi) is 6.76. The van der Waals surface area contributed by atoms with Gasteiger partial charge >= 0.3 is 0 Å². The molecule has 0 aliphatic carbocycles. The van der Waals surface area contributed by atoms with Gasteiger partial charge in [-0.1, -0.05) is 30.3 Å². The number of sulfonamides is 1. The number of amides is 2. The van der Waals surface area contributed by atoms with Crippen molar-refractivity contribution in [3.05, 3.63) is 54.1 Å². The van der Waals surface area contributed by atoms with Crippen molar-refractivity contribution in [3.8, 4) is 0 Å². The maximum atomic E-state index is 12.7. The van der Waals surface area contributed by atoms with Crippen LogP contribution in [0.3, 0.4) is 0 Å². The Hall–Kier alpha value is -2.91. The van der Waals surface area contributed by atoms with Crippen LogP contribution in [0.2, 0.25) is 0 Å². The molecule has 0 unspecified atom stereocenters. The minimum absolute atomic E-state index is 0.0178. The fraction of sp³-hybridized carbons (Fsp3) is 0.263. The summed E-state index contributed by atoms with van der Waals surface area (Å²) in [6.07, 6.45) is -0.0178. The molecule has 0 aromatic heterocycles. The lowest BCUT2D eigenvalue weighted by molar-refractivity contribution is -0.120. The molecule has 2 rings (SSSR count). The quantitative estimate of drug-likeness (QED) is 0.647. The Bertz CT molecular complexity index is 959. The average Bonchev–Trinajstić information content (AvgIpc) is 2.60. The summed E-state index contributed by atoms with van der Waals surface area (Å²) in [6.45, 7) is 1.38. The summed E-state index contributed by atoms with van der Waals surface area (Å²) in [5.74, 6) is -0.635. The van der Waals surface area contributed by atoms with E-state index in [9.17, 15) is 18.0 Å². The molecule has 28 heavy (non-hydrogen) atoms. The van der Waals surface area contributed by atoms with E-state index in [0.29, 0.717) is 11.4 Å². The van der Waals surface area contributed by atoms with Gasteiger partial charge in [-0.25, -0.2) is 13.6 Å². The number of anilines is 2. The first-order valence-corrected chi connectivity index (χ1v) is 10.1. The van der Waals surface area contributed by atoms with Crippen LogP contribution < -0.4 is 20.7 Å². The van der Waals surface area contributed by atoms with Gasteiger partial charge in [-0.15, -0.1) is 0 Å². The van der Waals surface area contributed by atoms with Crippen LogP contribution in [0.15, 0.2) is 53.4 Å². The number of rotatable bonds is 7. The van der Waals surface area contributed by atoms with Crippen molar-refractivity contribution in [1.29, 1.82) is 0 Å². The highest BCUT2D eigenvalue weighted by atomic mass is 32.2. The Labute approximate surface area is 164 Å². The number of benzene rings is 2. The molecule has 2 aromatic rings. The molecule has 0 aliphatic rings. The summed E-state index contributed by atoms with van der Waals surface area (Å²) in [4.78, 5) is 25.8. The number of nitrogens with two attached hydrogens (primary N) is 1. The standard InChI is InChI=1S/C19H24N4O4S/c1-13(24)21-16(14-7-5-4-6-8-14)12-19(25)22-17-11-15(28(20,26)27)9-10-18(17)23(2)3/h4-11,16H,12H2,1-3H3,(H,21,24)(H,22,25)(H2,20,26,27)/t16-/m0/s1. The lowest BCUT2D eigenvalue weighted by Gasteiger charge is -2.21. The van der Waals surface area contributed by atoms with Gasteiger partial charge in [0.25, 0.3) is 0 Å². The lowest BCUT2D eigenvalue weighted by Crippen LogP contribution is -2.30. The van der Waals surface area contributed by atoms with E-state index in [0.717, 1.165) is 5.56 Å². The number of nitrogens with one attached hydrogen (secondary N) is 2. The molecule has 0 saturated carbocycles. The normalized spacial score (nSPS) is 12.1. The Morgan fingerprint density at radius 1 is 1.11 bits per heavy atom. The Balaban J connectivity index is 2.28. The fourth-order valence-electron chi connectivity index (χ4n) is 2.75. The summed E-state index contributed by atoms with van der Waals surface area (Å²) in [7, 11) is -0.373. The SMILES string of the molecule is CC(=O)N[C@@H](CC(=O)Nc1cc(S(N)(=O)=O)ccc1N(C)C)c1ccccc1. The van der Waals surface area contributed by atoms with Gasteiger partial charge in [0.1, 0.15) is 0 Å². The van der Waals surface area contributed by atoms with Crippen molar-refractivity contribution in [3.63, 3.8) is 0 Å². The summed E-state index contributed by atoms with van der Waals surface area (Å²) in [5, 5.41) is 10.7. The maximum absolute atomic E-state index is 12.7. The van der Waals surface area contributed by atoms with Crippen molar-refractivity contribution >= 4 is 33.2 Å². The van der Waals surface area contributed by atoms with Crippen LogP contribution in [0.1, 0.15) is 24.9 Å². The van der Waals surface area contributed by atoms with Crippen molar-refractivity contribution in [2.75, 3.05) is 24.3 Å². The fourth-order valence-corrected chi connectivity index (χ4v) is 3.29. The molecule has 0 aliphatic heterocycles. The van der Waals surface area contributed by atoms with Crippen molar-refractivity contribution < 1.29 is 18.0 Å². The molecular formula is C19H24N4O4S. The minimum Gasteiger partial charge on any atom is -0.376 e. The van der Waals surface area contributed by atoms with Crippen LogP contribution in [-0.4, -0.2) is 34.3 Å². The van der Waals surface area contributed by atoms with Gasteiger partial charge in [0, 0.05) is 21.0 Å². The third-order valence-corrected chi connectivity index (χ3v) is 4.93. The molecule has 2 amide bonds. The first-order valence-electron chi connectivity index (χ1n) is 8.54. The first kappa shape index (κ1) is 21.4. The molecule has 9 heteroatoms. The number of nitrogens with zero attached hydrogens (tertiary/aromatic N) is 1. The molecule has 0 saturated heterocycles. The second kappa shape index (κ2) is 8.85. The first-order chi connectivity index (χ1) is 13.1. The zero-order valence-electron chi connectivity index (χ0n) is 16.0. The largest absolute Gasteiger partial charge is 0.376 e. The number of hydrogen-bond acceptors (Lipinski definition) is 5. The molecule has 150 valence electrons. The highest BCUT2D eigenvalue weighted by Gasteiger charge is 2.19. The molecule has 4 N–H and O–H groups in total. The molecule has 8 nitrogen and oxygen atoms in total. The highest BCUT2D eigenvalue weighted by Crippen LogP contribution is 2.28. The number of carbonyl (C=O) groups excluding carboxylic acids is 2. The van der Waals surface area contributed by atoms with Gasteiger partial charge < -0.3 is 15.5 Å². The third-order valence-electron chi connectivity index (χ3n) is 4.02. The number of hydrogen-bond donors (Lipinski definition) is 3. The lowest BCUT2D eigenvalue weighted by atomic mass is 10.0. The van der Waals surface area contributed by atoms with Crippen LogP contribution in [-0.2, 0) is 19.6 Å². The van der Waals surface area contributed by atoms with E-state index in [2.05, 4.69) is 10.6 Å². The molecule has 0 bridgehead atoms. The summed E-state index contributed by atoms with van der Waals surface area (Å²) in [5.41, 5.74) is 1.73. The molecule has 0 heterocycles. The van der Waals surface area contributed by atoms with Gasteiger partial charge in [0.2, 0.25) is 21.8 Å². The molecule has 1 atom stereocenters. The Morgan fingerprint density at radius 2 is 1.75 bits per heavy atom. The van der Waals surface area contributed by atoms with E-state index in [1.54, 1.807) is 25.1 Å². The second-order valence-electron chi connectivity index (χ2n) is 6.53. The summed E-state index contributed by atoms with van der Waals surface area (Å²) in [6, 6.07) is 12.9. The molecular weight excluding hydrogens is 380 g/mol. The smallest absolute Gasteiger partial charge is 0.238 e. The molecule has 2 aromatic carbocycles. The van der Waals surface area contributed by atoms with Crippen molar-refractivity contribution in [2.45, 2.75) is 24.3 Å². The van der Waals surface area contributed by atoms with Crippen LogP contribution in [0.25, 0.3) is 0 Å². The van der Waals surface area contributed by atoms with Crippen LogP contribution in [0.4, 0.5) is 11.4 Å². The maximum Gasteiger partial charge on any atom is 0.238 e. The van der Waals surface area contributed by atoms with Crippen LogP contribution in [0, 0.1) is 0 Å². The number of carbonyl (C=O) groups is 2. The zero-order chi connectivity index (χ0) is 20.9. The van der Waals surface area contributed by atoms with E-state index in [4.69, 9.17) is 5.14 Å². The van der Waals surface area contributed by atoms with Crippen molar-refractivity contribution in [1.82, 2.24) is 5.32 Å². The monoisotopic (exact) mass is 404 g/mol. The van der Waals surface area contributed by atoms with Gasteiger partial charge in [0.15, 0.2) is 0 Å². The molecule has 0 spiro atoms. The van der Waals surface area contributed by atoms with E-state index in [1.165, 1.54) is 19.1 Å². The van der Waals surface area contributed by atoms with E-state index >= 15 is 0 Å². The highest BCUT2D eigenvalue weighted by molar-refractivity contribution is 7.89. The van der Waals surface area contributed by atoms with Gasteiger partial charge in [-0.05, 0) is 23.8 Å². The topological polar surface area (TPSA) is 122 Å². The second-order valence-corrected chi connectivity index (χ2v) is 8.10. The predicted molar refractivity (Wildman–Crippen MR) is 108 cm³/mol. The predicted octanol–water partition coefficient (Wildman–Crippen LogP) is 1.61. The van der Waals surface area contributed by atoms with Crippen molar-refractivity contribution in [2.24, 2.45) is 5.14 Å². The zero-order valence-corrected chi connectivity index (χ0v) is 16.8. The van der Waals surface area contributed by atoms with Gasteiger partial charge in [-0.3, -0.25) is 9.59 Å². The van der Waals surface area contributed by atoms with E-state index in [-0.39, 0.29) is 23.1 Å². The van der Waals surface area contributed by atoms with Gasteiger partial charge in [-0.2, -0.15) is 0 Å². The van der Waals surface area contributed by atoms with Crippen LogP contribution in [0.5, 0.6) is 0 Å². The Morgan fingerprint density at radius 3 is 2.29 bits per heavy atom. The minimum atomic E-state index is -3.91. The summed E-state index contributed by atoms with van der Waals surface area (Å²) < 4.78 is 23.3. The van der Waals surface area contributed by atoms with E-state index in [1.807, 2.05) is 30.3 Å². The summed E-state index contributed by atoms with van der Waals surface area (Å²) >= 11 is 0. The third kappa shape index (κ3) is 5.80. The van der Waals surface area contributed by atoms with Gasteiger partial charge in [0.05, 0.1) is 28.7 Å². The molecule has 0 radical (unpaired) electrons. The average molecular weight is 404 g/mol.